The number of hydrogen-bond acceptors (Lipinski definition) is 8. The maximum atomic E-state index is 11.1. The van der Waals surface area contributed by atoms with Crippen LogP contribution >= 0.6 is 0 Å². The standard InChI is InChI=1S/C20H23NO8/c22-9-14-10-28-20(19(26)18(25)17(14)24)29-15-5-4-12-7-11(1-3-13(12)8-15)2-6-16(23)21-27/h1-8,14,17-20,22,24-27H,9-10H2,(H,21,23)/b6-2+/t14?,17-,18?,19?,20-/m1/s1. The predicted octanol–water partition coefficient (Wildman–Crippen LogP) is -0.215. The number of hydrogen-bond donors (Lipinski definition) is 6. The summed E-state index contributed by atoms with van der Waals surface area (Å²) in [5.41, 5.74) is 2.27. The van der Waals surface area contributed by atoms with E-state index in [1.165, 1.54) is 11.6 Å². The van der Waals surface area contributed by atoms with Crippen molar-refractivity contribution in [3.05, 3.63) is 48.0 Å². The minimum atomic E-state index is -1.52. The third-order valence-corrected chi connectivity index (χ3v) is 4.80. The molecule has 156 valence electrons. The van der Waals surface area contributed by atoms with Gasteiger partial charge in [0.2, 0.25) is 6.29 Å². The molecule has 3 rings (SSSR count). The van der Waals surface area contributed by atoms with Crippen LogP contribution < -0.4 is 10.2 Å². The molecule has 0 bridgehead atoms. The van der Waals surface area contributed by atoms with E-state index in [0.717, 1.165) is 16.3 Å². The first-order valence-corrected chi connectivity index (χ1v) is 9.02. The van der Waals surface area contributed by atoms with Gasteiger partial charge in [-0.2, -0.15) is 0 Å². The van der Waals surface area contributed by atoms with Gasteiger partial charge in [0.15, 0.2) is 0 Å². The highest BCUT2D eigenvalue weighted by atomic mass is 16.7. The molecule has 0 aromatic heterocycles. The predicted molar refractivity (Wildman–Crippen MR) is 102 cm³/mol. The molecule has 5 atom stereocenters. The molecule has 1 heterocycles. The second-order valence-electron chi connectivity index (χ2n) is 6.81. The Morgan fingerprint density at radius 2 is 1.83 bits per heavy atom. The number of aliphatic hydroxyl groups excluding tert-OH is 4. The molecule has 6 N–H and O–H groups in total. The minimum Gasteiger partial charge on any atom is -0.462 e. The van der Waals surface area contributed by atoms with Crippen LogP contribution in [0, 0.1) is 5.92 Å². The van der Waals surface area contributed by atoms with Gasteiger partial charge >= 0.3 is 0 Å². The highest BCUT2D eigenvalue weighted by molar-refractivity contribution is 5.92. The van der Waals surface area contributed by atoms with E-state index in [1.54, 1.807) is 30.3 Å². The van der Waals surface area contributed by atoms with Crippen LogP contribution in [0.1, 0.15) is 5.56 Å². The van der Waals surface area contributed by atoms with E-state index >= 15 is 0 Å². The molecule has 1 saturated heterocycles. The molecule has 1 amide bonds. The van der Waals surface area contributed by atoms with Crippen molar-refractivity contribution in [2.24, 2.45) is 5.92 Å². The van der Waals surface area contributed by atoms with E-state index in [2.05, 4.69) is 0 Å². The first-order chi connectivity index (χ1) is 13.9. The van der Waals surface area contributed by atoms with E-state index in [0.29, 0.717) is 5.75 Å². The molecule has 2 aromatic carbocycles. The van der Waals surface area contributed by atoms with Crippen LogP contribution in [0.2, 0.25) is 0 Å². The third kappa shape index (κ3) is 4.91. The number of carbonyl (C=O) groups is 1. The highest BCUT2D eigenvalue weighted by Crippen LogP contribution is 2.26. The van der Waals surface area contributed by atoms with Crippen molar-refractivity contribution in [3.63, 3.8) is 0 Å². The number of fused-ring (bicyclic) bond motifs is 1. The van der Waals surface area contributed by atoms with Gasteiger partial charge in [0.05, 0.1) is 19.3 Å². The fourth-order valence-electron chi connectivity index (χ4n) is 3.08. The zero-order valence-corrected chi connectivity index (χ0v) is 15.4. The fraction of sp³-hybridized carbons (Fsp3) is 0.350. The second-order valence-corrected chi connectivity index (χ2v) is 6.81. The van der Waals surface area contributed by atoms with Crippen LogP contribution in [0.5, 0.6) is 5.75 Å². The molecular weight excluding hydrogens is 382 g/mol. The summed E-state index contributed by atoms with van der Waals surface area (Å²) in [7, 11) is 0. The number of hydroxylamine groups is 1. The molecule has 3 unspecified atom stereocenters. The summed E-state index contributed by atoms with van der Waals surface area (Å²) in [5.74, 6) is -0.982. The number of nitrogens with one attached hydrogen (secondary N) is 1. The van der Waals surface area contributed by atoms with Crippen molar-refractivity contribution < 1.29 is 39.9 Å². The van der Waals surface area contributed by atoms with E-state index in [1.807, 2.05) is 12.1 Å². The quantitative estimate of drug-likeness (QED) is 0.227. The van der Waals surface area contributed by atoms with Crippen molar-refractivity contribution in [2.45, 2.75) is 24.6 Å². The molecular formula is C20H23NO8. The Morgan fingerprint density at radius 3 is 2.55 bits per heavy atom. The molecule has 2 aromatic rings. The monoisotopic (exact) mass is 405 g/mol. The van der Waals surface area contributed by atoms with Crippen LogP contribution in [-0.2, 0) is 9.53 Å². The average molecular weight is 405 g/mol. The summed E-state index contributed by atoms with van der Waals surface area (Å²) >= 11 is 0. The van der Waals surface area contributed by atoms with Crippen LogP contribution in [0.25, 0.3) is 16.8 Å². The number of benzene rings is 2. The average Bonchev–Trinajstić information content (AvgIpc) is 2.84. The number of ether oxygens (including phenoxy) is 2. The van der Waals surface area contributed by atoms with Gasteiger partial charge in [-0.15, -0.1) is 0 Å². The zero-order chi connectivity index (χ0) is 21.0. The summed E-state index contributed by atoms with van der Waals surface area (Å²) in [4.78, 5) is 11.1. The molecule has 0 saturated carbocycles. The third-order valence-electron chi connectivity index (χ3n) is 4.80. The van der Waals surface area contributed by atoms with Gasteiger partial charge in [0.1, 0.15) is 18.0 Å². The Hall–Kier alpha value is -2.53. The molecule has 1 aliphatic rings. The largest absolute Gasteiger partial charge is 0.462 e. The normalized spacial score (nSPS) is 27.7. The lowest BCUT2D eigenvalue weighted by Crippen LogP contribution is -2.46. The SMILES string of the molecule is O=C(/C=C/c1ccc2cc(O[C@H]3OCC(CO)[C@@H](O)C(O)C3O)ccc2c1)NO. The fourth-order valence-corrected chi connectivity index (χ4v) is 3.08. The molecule has 0 radical (unpaired) electrons. The lowest BCUT2D eigenvalue weighted by molar-refractivity contribution is -0.167. The van der Waals surface area contributed by atoms with Crippen molar-refractivity contribution in [1.29, 1.82) is 0 Å². The molecule has 9 heteroatoms. The van der Waals surface area contributed by atoms with Gasteiger partial charge in [-0.3, -0.25) is 10.0 Å². The van der Waals surface area contributed by atoms with E-state index in [4.69, 9.17) is 14.7 Å². The van der Waals surface area contributed by atoms with Crippen molar-refractivity contribution in [2.75, 3.05) is 13.2 Å². The van der Waals surface area contributed by atoms with E-state index < -0.39 is 43.0 Å². The Morgan fingerprint density at radius 1 is 1.10 bits per heavy atom. The van der Waals surface area contributed by atoms with Crippen LogP contribution in [0.4, 0.5) is 0 Å². The van der Waals surface area contributed by atoms with Crippen LogP contribution in [-0.4, -0.2) is 69.4 Å². The molecule has 1 aliphatic heterocycles. The molecule has 29 heavy (non-hydrogen) atoms. The summed E-state index contributed by atoms with van der Waals surface area (Å²) in [6.07, 6.45) is -2.82. The summed E-state index contributed by atoms with van der Waals surface area (Å²) in [6, 6.07) is 10.6. The Labute approximate surface area is 166 Å². The van der Waals surface area contributed by atoms with Crippen LogP contribution in [0.3, 0.4) is 0 Å². The van der Waals surface area contributed by atoms with Gasteiger partial charge in [-0.25, -0.2) is 5.48 Å². The summed E-state index contributed by atoms with van der Waals surface area (Å²) < 4.78 is 11.1. The number of rotatable bonds is 5. The Kier molecular flexibility index (Phi) is 6.80. The zero-order valence-electron chi connectivity index (χ0n) is 15.4. The Balaban J connectivity index is 1.76. The van der Waals surface area contributed by atoms with Crippen molar-refractivity contribution in [1.82, 2.24) is 5.48 Å². The van der Waals surface area contributed by atoms with Gasteiger partial charge in [-0.1, -0.05) is 18.2 Å². The molecule has 0 spiro atoms. The topological polar surface area (TPSA) is 149 Å². The highest BCUT2D eigenvalue weighted by Gasteiger charge is 2.41. The van der Waals surface area contributed by atoms with Crippen molar-refractivity contribution in [3.8, 4) is 5.75 Å². The number of amides is 1. The van der Waals surface area contributed by atoms with Crippen molar-refractivity contribution >= 4 is 22.8 Å². The first-order valence-electron chi connectivity index (χ1n) is 9.02. The van der Waals surface area contributed by atoms with Gasteiger partial charge in [-0.05, 0) is 40.6 Å². The number of carbonyl (C=O) groups excluding carboxylic acids is 1. The van der Waals surface area contributed by atoms with Crippen LogP contribution in [0.15, 0.2) is 42.5 Å². The molecule has 9 nitrogen and oxygen atoms in total. The lowest BCUT2D eigenvalue weighted by atomic mass is 9.97. The minimum absolute atomic E-state index is 0.0822. The Bertz CT molecular complexity index is 886. The summed E-state index contributed by atoms with van der Waals surface area (Å²) in [5, 5.41) is 49.8. The maximum Gasteiger partial charge on any atom is 0.267 e. The number of aliphatic hydroxyl groups is 4. The lowest BCUT2D eigenvalue weighted by Gasteiger charge is -2.26. The maximum absolute atomic E-state index is 11.1. The molecule has 1 fully saturated rings. The van der Waals surface area contributed by atoms with Gasteiger partial charge < -0.3 is 29.9 Å². The van der Waals surface area contributed by atoms with E-state index in [9.17, 15) is 25.2 Å². The smallest absolute Gasteiger partial charge is 0.267 e. The van der Waals surface area contributed by atoms with Gasteiger partial charge in [0, 0.05) is 12.0 Å². The summed E-state index contributed by atoms with van der Waals surface area (Å²) in [6.45, 7) is -0.481. The second kappa shape index (κ2) is 9.31. The first kappa shape index (κ1) is 21.2. The van der Waals surface area contributed by atoms with E-state index in [-0.39, 0.29) is 6.61 Å². The van der Waals surface area contributed by atoms with Gasteiger partial charge in [0.25, 0.3) is 5.91 Å². The molecule has 0 aliphatic carbocycles.